The molecule has 1 aliphatic carbocycles. The van der Waals surface area contributed by atoms with E-state index < -0.39 is 6.23 Å². The minimum Gasteiger partial charge on any atom is -0.508 e. The fraction of sp³-hybridized carbons (Fsp3) is 0.455. The van der Waals surface area contributed by atoms with Crippen LogP contribution in [0.5, 0.6) is 5.75 Å². The number of phenolic OH excluding ortho intramolecular Hbond substituents is 1. The number of benzene rings is 1. The van der Waals surface area contributed by atoms with Crippen LogP contribution in [0.1, 0.15) is 36.7 Å². The molecule has 5 rings (SSSR count). The number of rotatable bonds is 4. The van der Waals surface area contributed by atoms with E-state index in [9.17, 15) is 10.2 Å². The van der Waals surface area contributed by atoms with Gasteiger partial charge in [0.2, 0.25) is 0 Å². The van der Waals surface area contributed by atoms with Crippen LogP contribution in [0.4, 0.5) is 0 Å². The van der Waals surface area contributed by atoms with Crippen molar-refractivity contribution in [3.8, 4) is 17.0 Å². The molecule has 1 saturated heterocycles. The molecule has 3 aromatic rings. The van der Waals surface area contributed by atoms with Crippen molar-refractivity contribution in [1.82, 2.24) is 25.0 Å². The third-order valence-corrected chi connectivity index (χ3v) is 6.46. The molecule has 7 heteroatoms. The number of fused-ring (bicyclic) bond motifs is 1. The largest absolute Gasteiger partial charge is 0.508 e. The molecule has 0 spiro atoms. The highest BCUT2D eigenvalue weighted by Gasteiger charge is 2.31. The zero-order valence-corrected chi connectivity index (χ0v) is 16.7. The van der Waals surface area contributed by atoms with Crippen molar-refractivity contribution in [3.05, 3.63) is 41.6 Å². The van der Waals surface area contributed by atoms with E-state index in [0.717, 1.165) is 60.1 Å². The van der Waals surface area contributed by atoms with Crippen molar-refractivity contribution < 1.29 is 10.2 Å². The van der Waals surface area contributed by atoms with Crippen molar-refractivity contribution >= 4 is 11.0 Å². The van der Waals surface area contributed by atoms with Crippen molar-refractivity contribution in [2.75, 3.05) is 26.2 Å². The molecule has 29 heavy (non-hydrogen) atoms. The fourth-order valence-corrected chi connectivity index (χ4v) is 4.49. The zero-order chi connectivity index (χ0) is 20.0. The van der Waals surface area contributed by atoms with E-state index in [0.29, 0.717) is 5.65 Å². The number of aromatic hydroxyl groups is 1. The van der Waals surface area contributed by atoms with Gasteiger partial charge in [-0.3, -0.25) is 14.9 Å². The van der Waals surface area contributed by atoms with E-state index in [2.05, 4.69) is 25.0 Å². The fourth-order valence-electron chi connectivity index (χ4n) is 4.49. The van der Waals surface area contributed by atoms with Gasteiger partial charge in [-0.2, -0.15) is 5.10 Å². The lowest BCUT2D eigenvalue weighted by molar-refractivity contribution is -0.0405. The van der Waals surface area contributed by atoms with Crippen LogP contribution >= 0.6 is 0 Å². The average Bonchev–Trinajstić information content (AvgIpc) is 3.08. The summed E-state index contributed by atoms with van der Waals surface area (Å²) in [4.78, 5) is 9.40. The SMILES string of the molecule is Cc1[nH]nc2nc(-c3ccc(O)cc3)cc(C(O)N3CCN(C4CCC4)CC3)c12. The van der Waals surface area contributed by atoms with Gasteiger partial charge < -0.3 is 10.2 Å². The Kier molecular flexibility index (Phi) is 4.73. The second-order valence-electron chi connectivity index (χ2n) is 8.22. The van der Waals surface area contributed by atoms with Gasteiger partial charge >= 0.3 is 0 Å². The number of H-pyrrole nitrogens is 1. The summed E-state index contributed by atoms with van der Waals surface area (Å²) in [7, 11) is 0. The van der Waals surface area contributed by atoms with E-state index >= 15 is 0 Å². The summed E-state index contributed by atoms with van der Waals surface area (Å²) in [5, 5.41) is 29.1. The third-order valence-electron chi connectivity index (χ3n) is 6.46. The highest BCUT2D eigenvalue weighted by Crippen LogP contribution is 2.33. The molecule has 152 valence electrons. The van der Waals surface area contributed by atoms with Crippen LogP contribution in [0.3, 0.4) is 0 Å². The van der Waals surface area contributed by atoms with Crippen LogP contribution in [-0.4, -0.2) is 67.4 Å². The summed E-state index contributed by atoms with van der Waals surface area (Å²) < 4.78 is 0. The molecule has 0 amide bonds. The summed E-state index contributed by atoms with van der Waals surface area (Å²) in [5.74, 6) is 0.218. The normalized spacial score (nSPS) is 20.1. The summed E-state index contributed by atoms with van der Waals surface area (Å²) in [5.41, 5.74) is 3.98. The van der Waals surface area contributed by atoms with Crippen molar-refractivity contribution in [1.29, 1.82) is 0 Å². The second kappa shape index (κ2) is 7.40. The molecule has 2 aliphatic rings. The summed E-state index contributed by atoms with van der Waals surface area (Å²) in [6, 6.07) is 9.66. The van der Waals surface area contributed by atoms with Gasteiger partial charge in [0.15, 0.2) is 5.65 Å². The Bertz CT molecular complexity index is 1000. The van der Waals surface area contributed by atoms with Crippen LogP contribution in [0.25, 0.3) is 22.3 Å². The first-order valence-corrected chi connectivity index (χ1v) is 10.4. The lowest BCUT2D eigenvalue weighted by Gasteiger charge is -2.44. The standard InChI is InChI=1S/C22H27N5O2/c1-14-20-18(22(29)27-11-9-26(10-12-27)16-3-2-4-16)13-19(23-21(20)25-24-14)15-5-7-17(28)8-6-15/h5-8,13,16,22,28-29H,2-4,9-12H2,1H3,(H,23,24,25). The number of nitrogens with one attached hydrogen (secondary N) is 1. The molecule has 0 radical (unpaired) electrons. The van der Waals surface area contributed by atoms with Crippen molar-refractivity contribution in [2.24, 2.45) is 0 Å². The summed E-state index contributed by atoms with van der Waals surface area (Å²) in [6.45, 7) is 5.68. The van der Waals surface area contributed by atoms with E-state index in [-0.39, 0.29) is 5.75 Å². The maximum absolute atomic E-state index is 11.3. The molecule has 1 aliphatic heterocycles. The van der Waals surface area contributed by atoms with Crippen molar-refractivity contribution in [3.63, 3.8) is 0 Å². The van der Waals surface area contributed by atoms with Gasteiger partial charge in [-0.05, 0) is 50.1 Å². The highest BCUT2D eigenvalue weighted by atomic mass is 16.3. The topological polar surface area (TPSA) is 88.5 Å². The molecule has 7 nitrogen and oxygen atoms in total. The Morgan fingerprint density at radius 1 is 1.10 bits per heavy atom. The van der Waals surface area contributed by atoms with Gasteiger partial charge in [0.1, 0.15) is 12.0 Å². The van der Waals surface area contributed by atoms with E-state index in [1.54, 1.807) is 12.1 Å². The first kappa shape index (κ1) is 18.5. The number of hydrogen-bond donors (Lipinski definition) is 3. The number of aliphatic hydroxyl groups excluding tert-OH is 1. The number of hydrogen-bond acceptors (Lipinski definition) is 6. The number of piperazine rings is 1. The van der Waals surface area contributed by atoms with Crippen LogP contribution in [0.15, 0.2) is 30.3 Å². The highest BCUT2D eigenvalue weighted by molar-refractivity contribution is 5.85. The van der Waals surface area contributed by atoms with Gasteiger partial charge in [0.05, 0.1) is 5.69 Å². The van der Waals surface area contributed by atoms with E-state index in [1.807, 2.05) is 25.1 Å². The van der Waals surface area contributed by atoms with Gasteiger partial charge in [-0.15, -0.1) is 0 Å². The number of nitrogens with zero attached hydrogens (tertiary/aromatic N) is 4. The predicted molar refractivity (Wildman–Crippen MR) is 111 cm³/mol. The molecule has 1 unspecified atom stereocenters. The van der Waals surface area contributed by atoms with Gasteiger partial charge in [-0.25, -0.2) is 4.98 Å². The zero-order valence-electron chi connectivity index (χ0n) is 16.7. The van der Waals surface area contributed by atoms with Gasteiger partial charge in [-0.1, -0.05) is 6.42 Å². The first-order chi connectivity index (χ1) is 14.1. The number of phenols is 1. The molecule has 3 heterocycles. The van der Waals surface area contributed by atoms with E-state index in [4.69, 9.17) is 0 Å². The average molecular weight is 393 g/mol. The van der Waals surface area contributed by atoms with Gasteiger partial charge in [0.25, 0.3) is 0 Å². The Morgan fingerprint density at radius 3 is 2.48 bits per heavy atom. The minimum absolute atomic E-state index is 0.218. The molecular weight excluding hydrogens is 366 g/mol. The first-order valence-electron chi connectivity index (χ1n) is 10.4. The monoisotopic (exact) mass is 393 g/mol. The second-order valence-corrected chi connectivity index (χ2v) is 8.22. The lowest BCUT2D eigenvalue weighted by atomic mass is 9.91. The predicted octanol–water partition coefficient (Wildman–Crippen LogP) is 2.80. The Morgan fingerprint density at radius 2 is 1.83 bits per heavy atom. The molecule has 0 bridgehead atoms. The quantitative estimate of drug-likeness (QED) is 0.632. The Labute approximate surface area is 170 Å². The molecule has 1 atom stereocenters. The molecule has 2 aromatic heterocycles. The van der Waals surface area contributed by atoms with Crippen LogP contribution in [0, 0.1) is 6.92 Å². The van der Waals surface area contributed by atoms with Crippen molar-refractivity contribution in [2.45, 2.75) is 38.5 Å². The Balaban J connectivity index is 1.46. The summed E-state index contributed by atoms with van der Waals surface area (Å²) in [6.07, 6.45) is 3.29. The summed E-state index contributed by atoms with van der Waals surface area (Å²) >= 11 is 0. The number of aliphatic hydroxyl groups is 1. The van der Waals surface area contributed by atoms with Crippen LogP contribution in [-0.2, 0) is 0 Å². The van der Waals surface area contributed by atoms with Crippen LogP contribution < -0.4 is 0 Å². The number of aromatic nitrogens is 3. The molecule has 2 fully saturated rings. The lowest BCUT2D eigenvalue weighted by Crippen LogP contribution is -2.52. The number of pyridine rings is 1. The maximum Gasteiger partial charge on any atom is 0.182 e. The maximum atomic E-state index is 11.3. The number of aryl methyl sites for hydroxylation is 1. The smallest absolute Gasteiger partial charge is 0.182 e. The third kappa shape index (κ3) is 3.39. The molecular formula is C22H27N5O2. The van der Waals surface area contributed by atoms with Gasteiger partial charge in [0, 0.05) is 54.4 Å². The molecule has 3 N–H and O–H groups in total. The molecule has 1 aromatic carbocycles. The molecule has 1 saturated carbocycles. The minimum atomic E-state index is -0.698. The number of aromatic amines is 1. The Hall–Kier alpha value is -2.48. The van der Waals surface area contributed by atoms with E-state index in [1.165, 1.54) is 19.3 Å². The van der Waals surface area contributed by atoms with Crippen LogP contribution in [0.2, 0.25) is 0 Å².